The lowest BCUT2D eigenvalue weighted by molar-refractivity contribution is -0.198. The average Bonchev–Trinajstić information content (AvgIpc) is 2.85. The number of hydrogen-bond acceptors (Lipinski definition) is 6. The van der Waals surface area contributed by atoms with Gasteiger partial charge in [0, 0.05) is 12.8 Å². The topological polar surface area (TPSA) is 102 Å². The van der Waals surface area contributed by atoms with Gasteiger partial charge in [0.15, 0.2) is 0 Å². The van der Waals surface area contributed by atoms with Crippen molar-refractivity contribution in [2.45, 2.75) is 32.4 Å². The summed E-state index contributed by atoms with van der Waals surface area (Å²) in [6, 6.07) is 7.95. The van der Waals surface area contributed by atoms with Gasteiger partial charge in [-0.1, -0.05) is 30.3 Å². The van der Waals surface area contributed by atoms with Crippen LogP contribution in [0.3, 0.4) is 0 Å². The monoisotopic (exact) mass is 320 g/mol. The van der Waals surface area contributed by atoms with Crippen molar-refractivity contribution < 1.29 is 28.8 Å². The fourth-order valence-corrected chi connectivity index (χ4v) is 1.83. The highest BCUT2D eigenvalue weighted by molar-refractivity contribution is 6.01. The minimum atomic E-state index is -1.07. The number of nitrogens with zero attached hydrogens (tertiary/aromatic N) is 1. The molecule has 3 amide bonds. The van der Waals surface area contributed by atoms with Crippen LogP contribution in [0.15, 0.2) is 30.3 Å². The molecule has 1 aromatic rings. The van der Waals surface area contributed by atoms with E-state index < -0.39 is 29.9 Å². The minimum absolute atomic E-state index is 0.00698. The first-order valence-corrected chi connectivity index (χ1v) is 7.02. The summed E-state index contributed by atoms with van der Waals surface area (Å²) in [5.41, 5.74) is 0.797. The van der Waals surface area contributed by atoms with Gasteiger partial charge >= 0.3 is 12.1 Å². The Hall–Kier alpha value is -2.90. The number of rotatable bonds is 5. The number of benzene rings is 1. The Labute approximate surface area is 132 Å². The van der Waals surface area contributed by atoms with Gasteiger partial charge in [-0.05, 0) is 12.5 Å². The zero-order valence-electron chi connectivity index (χ0n) is 12.5. The molecule has 0 spiro atoms. The van der Waals surface area contributed by atoms with Crippen molar-refractivity contribution in [3.8, 4) is 0 Å². The molecule has 0 unspecified atom stereocenters. The molecule has 8 heteroatoms. The highest BCUT2D eigenvalue weighted by Gasteiger charge is 2.34. The van der Waals surface area contributed by atoms with Crippen LogP contribution in [0.25, 0.3) is 0 Å². The number of carbonyl (C=O) groups is 4. The van der Waals surface area contributed by atoms with Crippen LogP contribution in [0, 0.1) is 0 Å². The number of ether oxygens (including phenoxy) is 1. The maximum absolute atomic E-state index is 11.8. The molecule has 122 valence electrons. The van der Waals surface area contributed by atoms with Crippen molar-refractivity contribution in [3.63, 3.8) is 0 Å². The summed E-state index contributed by atoms with van der Waals surface area (Å²) < 4.78 is 4.96. The second kappa shape index (κ2) is 7.39. The first-order chi connectivity index (χ1) is 11.0. The van der Waals surface area contributed by atoms with Crippen LogP contribution in [0.1, 0.15) is 25.3 Å². The Morgan fingerprint density at radius 2 is 1.78 bits per heavy atom. The smallest absolute Gasteiger partial charge is 0.408 e. The third-order valence-electron chi connectivity index (χ3n) is 3.09. The fraction of sp³-hybridized carbons (Fsp3) is 0.333. The van der Waals surface area contributed by atoms with E-state index in [9.17, 15) is 19.2 Å². The highest BCUT2D eigenvalue weighted by atomic mass is 16.7. The maximum Gasteiger partial charge on any atom is 0.408 e. The third-order valence-corrected chi connectivity index (χ3v) is 3.09. The molecule has 1 fully saturated rings. The summed E-state index contributed by atoms with van der Waals surface area (Å²) in [7, 11) is 0. The summed E-state index contributed by atoms with van der Waals surface area (Å²) in [6.07, 6.45) is -0.794. The normalized spacial score (nSPS) is 15.3. The summed E-state index contributed by atoms with van der Waals surface area (Å²) in [6.45, 7) is 1.41. The van der Waals surface area contributed by atoms with Crippen molar-refractivity contribution in [1.82, 2.24) is 10.4 Å². The predicted molar refractivity (Wildman–Crippen MR) is 76.4 cm³/mol. The molecule has 1 N–H and O–H groups in total. The third kappa shape index (κ3) is 4.53. The van der Waals surface area contributed by atoms with Gasteiger partial charge in [-0.25, -0.2) is 9.59 Å². The Bertz CT molecular complexity index is 600. The maximum atomic E-state index is 11.8. The molecule has 1 aliphatic rings. The van der Waals surface area contributed by atoms with E-state index in [0.717, 1.165) is 5.56 Å². The number of imide groups is 1. The van der Waals surface area contributed by atoms with Crippen LogP contribution in [-0.4, -0.2) is 35.0 Å². The van der Waals surface area contributed by atoms with E-state index in [4.69, 9.17) is 4.74 Å². The van der Waals surface area contributed by atoms with Crippen LogP contribution in [0.4, 0.5) is 4.79 Å². The molecule has 1 aliphatic heterocycles. The molecule has 0 saturated carbocycles. The molecule has 0 radical (unpaired) electrons. The lowest BCUT2D eigenvalue weighted by Crippen LogP contribution is -2.43. The van der Waals surface area contributed by atoms with Crippen molar-refractivity contribution in [1.29, 1.82) is 0 Å². The summed E-state index contributed by atoms with van der Waals surface area (Å²) in [5, 5.41) is 2.69. The number of carbonyl (C=O) groups excluding carboxylic acids is 4. The number of amides is 3. The molecular formula is C15H16N2O6. The van der Waals surface area contributed by atoms with Gasteiger partial charge in [-0.3, -0.25) is 9.59 Å². The van der Waals surface area contributed by atoms with Gasteiger partial charge in [-0.2, -0.15) is 0 Å². The highest BCUT2D eigenvalue weighted by Crippen LogP contribution is 2.12. The van der Waals surface area contributed by atoms with Crippen molar-refractivity contribution in [2.75, 3.05) is 0 Å². The SMILES string of the molecule is C[C@H](NC(=O)OCc1ccccc1)C(=O)ON1C(=O)CCC1=O. The van der Waals surface area contributed by atoms with Gasteiger partial charge in [-0.15, -0.1) is 5.06 Å². The minimum Gasteiger partial charge on any atom is -0.445 e. The van der Waals surface area contributed by atoms with Gasteiger partial charge in [0.25, 0.3) is 11.8 Å². The van der Waals surface area contributed by atoms with E-state index in [0.29, 0.717) is 5.06 Å². The molecule has 1 saturated heterocycles. The van der Waals surface area contributed by atoms with E-state index in [-0.39, 0.29) is 19.4 Å². The Morgan fingerprint density at radius 1 is 1.17 bits per heavy atom. The summed E-state index contributed by atoms with van der Waals surface area (Å²) in [4.78, 5) is 50.7. The molecule has 0 aliphatic carbocycles. The summed E-state index contributed by atoms with van der Waals surface area (Å²) in [5.74, 6) is -2.09. The van der Waals surface area contributed by atoms with E-state index in [1.54, 1.807) is 24.3 Å². The molecule has 1 heterocycles. The Balaban J connectivity index is 1.77. The lowest BCUT2D eigenvalue weighted by Gasteiger charge is -2.17. The first kappa shape index (κ1) is 16.5. The number of hydrogen-bond donors (Lipinski definition) is 1. The van der Waals surface area contributed by atoms with Gasteiger partial charge in [0.1, 0.15) is 12.6 Å². The van der Waals surface area contributed by atoms with E-state index in [1.165, 1.54) is 6.92 Å². The molecular weight excluding hydrogens is 304 g/mol. The second-order valence-electron chi connectivity index (χ2n) is 4.92. The molecule has 1 atom stereocenters. The zero-order valence-corrected chi connectivity index (χ0v) is 12.5. The first-order valence-electron chi connectivity index (χ1n) is 7.02. The predicted octanol–water partition coefficient (Wildman–Crippen LogP) is 0.908. The van der Waals surface area contributed by atoms with E-state index in [2.05, 4.69) is 10.2 Å². The van der Waals surface area contributed by atoms with Crippen LogP contribution in [0.2, 0.25) is 0 Å². The van der Waals surface area contributed by atoms with Gasteiger partial charge < -0.3 is 14.9 Å². The number of alkyl carbamates (subject to hydrolysis) is 1. The largest absolute Gasteiger partial charge is 0.445 e. The molecule has 8 nitrogen and oxygen atoms in total. The number of hydroxylamine groups is 2. The molecule has 0 bridgehead atoms. The van der Waals surface area contributed by atoms with Crippen LogP contribution < -0.4 is 5.32 Å². The Kier molecular flexibility index (Phi) is 5.29. The van der Waals surface area contributed by atoms with E-state index in [1.807, 2.05) is 6.07 Å². The molecule has 2 rings (SSSR count). The molecule has 23 heavy (non-hydrogen) atoms. The zero-order chi connectivity index (χ0) is 16.8. The molecule has 1 aromatic carbocycles. The van der Waals surface area contributed by atoms with Crippen LogP contribution >= 0.6 is 0 Å². The fourth-order valence-electron chi connectivity index (χ4n) is 1.83. The second-order valence-corrected chi connectivity index (χ2v) is 4.92. The average molecular weight is 320 g/mol. The van der Waals surface area contributed by atoms with E-state index >= 15 is 0 Å². The molecule has 0 aromatic heterocycles. The van der Waals surface area contributed by atoms with Crippen LogP contribution in [-0.2, 0) is 30.6 Å². The van der Waals surface area contributed by atoms with Crippen molar-refractivity contribution >= 4 is 23.9 Å². The summed E-state index contributed by atoms with van der Waals surface area (Å²) >= 11 is 0. The Morgan fingerprint density at radius 3 is 2.39 bits per heavy atom. The van der Waals surface area contributed by atoms with Crippen molar-refractivity contribution in [3.05, 3.63) is 35.9 Å². The van der Waals surface area contributed by atoms with Gasteiger partial charge in [0.2, 0.25) is 0 Å². The standard InChI is InChI=1S/C15H16N2O6/c1-10(14(20)23-17-12(18)7-8-13(17)19)16-15(21)22-9-11-5-3-2-4-6-11/h2-6,10H,7-9H2,1H3,(H,16,21)/t10-/m0/s1. The van der Waals surface area contributed by atoms with Gasteiger partial charge in [0.05, 0.1) is 0 Å². The number of nitrogens with one attached hydrogen (secondary N) is 1. The van der Waals surface area contributed by atoms with Crippen LogP contribution in [0.5, 0.6) is 0 Å². The quantitative estimate of drug-likeness (QED) is 0.809. The van der Waals surface area contributed by atoms with Crippen molar-refractivity contribution in [2.24, 2.45) is 0 Å². The lowest BCUT2D eigenvalue weighted by atomic mass is 10.2.